The predicted octanol–water partition coefficient (Wildman–Crippen LogP) is 1.95. The van der Waals surface area contributed by atoms with E-state index < -0.39 is 0 Å². The lowest BCUT2D eigenvalue weighted by atomic mass is 10.2. The number of methoxy groups -OCH3 is 1. The van der Waals surface area contributed by atoms with Crippen LogP contribution < -0.4 is 0 Å². The van der Waals surface area contributed by atoms with Gasteiger partial charge in [-0.1, -0.05) is 12.2 Å². The van der Waals surface area contributed by atoms with E-state index in [0.29, 0.717) is 13.0 Å². The number of ketones is 1. The largest absolute Gasteiger partial charge is 0.381 e. The van der Waals surface area contributed by atoms with Crippen molar-refractivity contribution in [3.05, 3.63) is 12.2 Å². The number of ether oxygens (including phenoxy) is 1. The van der Waals surface area contributed by atoms with E-state index in [-0.39, 0.29) is 5.78 Å². The third kappa shape index (κ3) is 9.37. The molecule has 0 saturated carbocycles. The molecule has 0 atom stereocenters. The predicted molar refractivity (Wildman–Crippen MR) is 45.5 cm³/mol. The number of Topliss-reactive ketones (excluding diaryl/α,β-unsaturated/α-hetero) is 1. The maximum atomic E-state index is 10.5. The van der Waals surface area contributed by atoms with E-state index in [4.69, 9.17) is 4.74 Å². The Labute approximate surface area is 68.2 Å². The number of hydrogen-bond acceptors (Lipinski definition) is 2. The first-order valence-corrected chi connectivity index (χ1v) is 3.90. The number of carbonyl (C=O) groups excluding carboxylic acids is 1. The summed E-state index contributed by atoms with van der Waals surface area (Å²) in [6.07, 6.45) is 6.64. The van der Waals surface area contributed by atoms with Crippen LogP contribution in [-0.4, -0.2) is 19.5 Å². The van der Waals surface area contributed by atoms with E-state index in [2.05, 4.69) is 0 Å². The molecule has 0 heterocycles. The minimum absolute atomic E-state index is 0.269. The average molecular weight is 156 g/mol. The maximum Gasteiger partial charge on any atom is 0.129 e. The van der Waals surface area contributed by atoms with Crippen molar-refractivity contribution in [3.8, 4) is 0 Å². The summed E-state index contributed by atoms with van der Waals surface area (Å²) >= 11 is 0. The topological polar surface area (TPSA) is 26.3 Å². The van der Waals surface area contributed by atoms with Gasteiger partial charge in [-0.05, 0) is 19.8 Å². The molecule has 0 rings (SSSR count). The Morgan fingerprint density at radius 2 is 2.18 bits per heavy atom. The molecule has 0 radical (unpaired) electrons. The lowest BCUT2D eigenvalue weighted by Crippen LogP contribution is -1.88. The second kappa shape index (κ2) is 7.48. The van der Waals surface area contributed by atoms with E-state index in [9.17, 15) is 4.79 Å². The minimum Gasteiger partial charge on any atom is -0.381 e. The summed E-state index contributed by atoms with van der Waals surface area (Å²) in [5.74, 6) is 0.269. The van der Waals surface area contributed by atoms with Crippen LogP contribution >= 0.6 is 0 Å². The van der Waals surface area contributed by atoms with Crippen molar-refractivity contribution < 1.29 is 9.53 Å². The van der Waals surface area contributed by atoms with Crippen LogP contribution in [0.1, 0.15) is 26.2 Å². The SMILES string of the molecule is COCC=CCCCC(C)=O. The molecule has 2 heteroatoms. The number of hydrogen-bond donors (Lipinski definition) is 0. The summed E-state index contributed by atoms with van der Waals surface area (Å²) in [6, 6.07) is 0. The molecule has 0 fully saturated rings. The molecule has 0 N–H and O–H groups in total. The molecule has 0 aliphatic rings. The number of rotatable bonds is 6. The standard InChI is InChI=1S/C9H16O2/c1-9(10)7-5-3-4-6-8-11-2/h4,6H,3,5,7-8H2,1-2H3. The molecule has 0 aromatic rings. The van der Waals surface area contributed by atoms with Crippen molar-refractivity contribution in [2.45, 2.75) is 26.2 Å². The molecule has 0 unspecified atom stereocenters. The highest BCUT2D eigenvalue weighted by Gasteiger charge is 1.89. The third-order valence-corrected chi connectivity index (χ3v) is 1.33. The van der Waals surface area contributed by atoms with Crippen molar-refractivity contribution >= 4 is 5.78 Å². The molecule has 0 saturated heterocycles. The van der Waals surface area contributed by atoms with Gasteiger partial charge >= 0.3 is 0 Å². The normalized spacial score (nSPS) is 10.7. The van der Waals surface area contributed by atoms with Gasteiger partial charge < -0.3 is 9.53 Å². The molecule has 11 heavy (non-hydrogen) atoms. The van der Waals surface area contributed by atoms with Crippen LogP contribution in [0, 0.1) is 0 Å². The van der Waals surface area contributed by atoms with Gasteiger partial charge in [-0.15, -0.1) is 0 Å². The van der Waals surface area contributed by atoms with Gasteiger partial charge in [0.2, 0.25) is 0 Å². The van der Waals surface area contributed by atoms with E-state index >= 15 is 0 Å². The van der Waals surface area contributed by atoms with E-state index in [1.54, 1.807) is 14.0 Å². The third-order valence-electron chi connectivity index (χ3n) is 1.33. The van der Waals surface area contributed by atoms with Crippen LogP contribution in [0.5, 0.6) is 0 Å². The summed E-state index contributed by atoms with van der Waals surface area (Å²) in [7, 11) is 1.67. The van der Waals surface area contributed by atoms with Crippen LogP contribution in [0.3, 0.4) is 0 Å². The van der Waals surface area contributed by atoms with Crippen molar-refractivity contribution in [3.63, 3.8) is 0 Å². The van der Waals surface area contributed by atoms with Crippen molar-refractivity contribution in [1.82, 2.24) is 0 Å². The summed E-state index contributed by atoms with van der Waals surface area (Å²) in [6.45, 7) is 2.29. The second-order valence-corrected chi connectivity index (χ2v) is 2.52. The van der Waals surface area contributed by atoms with Gasteiger partial charge in [-0.3, -0.25) is 0 Å². The molecular weight excluding hydrogens is 140 g/mol. The first-order valence-electron chi connectivity index (χ1n) is 3.90. The van der Waals surface area contributed by atoms with Gasteiger partial charge in [0.25, 0.3) is 0 Å². The Morgan fingerprint density at radius 1 is 1.45 bits per heavy atom. The van der Waals surface area contributed by atoms with Gasteiger partial charge in [0, 0.05) is 13.5 Å². The average Bonchev–Trinajstić information content (AvgIpc) is 1.96. The molecule has 0 aromatic heterocycles. The van der Waals surface area contributed by atoms with Crippen LogP contribution in [-0.2, 0) is 9.53 Å². The fourth-order valence-electron chi connectivity index (χ4n) is 0.751. The molecule has 64 valence electrons. The van der Waals surface area contributed by atoms with E-state index in [0.717, 1.165) is 12.8 Å². The molecule has 0 spiro atoms. The molecule has 0 amide bonds. The molecule has 0 aliphatic heterocycles. The fraction of sp³-hybridized carbons (Fsp3) is 0.667. The first kappa shape index (κ1) is 10.4. The van der Waals surface area contributed by atoms with Gasteiger partial charge in [0.1, 0.15) is 5.78 Å². The number of unbranched alkanes of at least 4 members (excludes halogenated alkanes) is 1. The molecular formula is C9H16O2. The maximum absolute atomic E-state index is 10.5. The van der Waals surface area contributed by atoms with Crippen LogP contribution in [0.2, 0.25) is 0 Å². The van der Waals surface area contributed by atoms with Crippen molar-refractivity contribution in [2.75, 3.05) is 13.7 Å². The van der Waals surface area contributed by atoms with E-state index in [1.165, 1.54) is 0 Å². The van der Waals surface area contributed by atoms with E-state index in [1.807, 2.05) is 12.2 Å². The Kier molecular flexibility index (Phi) is 7.05. The zero-order chi connectivity index (χ0) is 8.53. The minimum atomic E-state index is 0.269. The Balaban J connectivity index is 3.07. The highest BCUT2D eigenvalue weighted by atomic mass is 16.5. The Bertz CT molecular complexity index is 128. The van der Waals surface area contributed by atoms with Gasteiger partial charge in [0.15, 0.2) is 0 Å². The zero-order valence-corrected chi connectivity index (χ0v) is 7.30. The number of allylic oxidation sites excluding steroid dienone is 1. The van der Waals surface area contributed by atoms with Crippen molar-refractivity contribution in [1.29, 1.82) is 0 Å². The lowest BCUT2D eigenvalue weighted by Gasteiger charge is -1.91. The zero-order valence-electron chi connectivity index (χ0n) is 7.30. The summed E-state index contributed by atoms with van der Waals surface area (Å²) in [5.41, 5.74) is 0. The summed E-state index contributed by atoms with van der Waals surface area (Å²) in [4.78, 5) is 10.5. The Morgan fingerprint density at radius 3 is 2.73 bits per heavy atom. The Hall–Kier alpha value is -0.630. The second-order valence-electron chi connectivity index (χ2n) is 2.52. The highest BCUT2D eigenvalue weighted by Crippen LogP contribution is 1.96. The van der Waals surface area contributed by atoms with Crippen molar-refractivity contribution in [2.24, 2.45) is 0 Å². The quantitative estimate of drug-likeness (QED) is 0.434. The van der Waals surface area contributed by atoms with Gasteiger partial charge in [-0.25, -0.2) is 0 Å². The molecule has 0 aromatic carbocycles. The van der Waals surface area contributed by atoms with Crippen LogP contribution in [0.25, 0.3) is 0 Å². The monoisotopic (exact) mass is 156 g/mol. The fourth-order valence-corrected chi connectivity index (χ4v) is 0.751. The molecule has 0 bridgehead atoms. The summed E-state index contributed by atoms with van der Waals surface area (Å²) in [5, 5.41) is 0. The molecule has 2 nitrogen and oxygen atoms in total. The van der Waals surface area contributed by atoms with Gasteiger partial charge in [0.05, 0.1) is 6.61 Å². The van der Waals surface area contributed by atoms with Gasteiger partial charge in [-0.2, -0.15) is 0 Å². The first-order chi connectivity index (χ1) is 5.27. The highest BCUT2D eigenvalue weighted by molar-refractivity contribution is 5.75. The van der Waals surface area contributed by atoms with Crippen LogP contribution in [0.4, 0.5) is 0 Å². The lowest BCUT2D eigenvalue weighted by molar-refractivity contribution is -0.117. The smallest absolute Gasteiger partial charge is 0.129 e. The number of carbonyl (C=O) groups is 1. The van der Waals surface area contributed by atoms with Crippen LogP contribution in [0.15, 0.2) is 12.2 Å². The molecule has 0 aliphatic carbocycles. The summed E-state index contributed by atoms with van der Waals surface area (Å²) < 4.78 is 4.82.